The molecule has 0 radical (unpaired) electrons. The fourth-order valence-corrected chi connectivity index (χ4v) is 4.41. The molecule has 0 spiro atoms. The summed E-state index contributed by atoms with van der Waals surface area (Å²) in [6.07, 6.45) is 19.4. The zero-order valence-corrected chi connectivity index (χ0v) is 14.0. The molecule has 0 aromatic carbocycles. The Hall–Kier alpha value is -0.0400. The maximum absolute atomic E-state index is 2.30. The van der Waals surface area contributed by atoms with Crippen molar-refractivity contribution in [1.82, 2.24) is 0 Å². The van der Waals surface area contributed by atoms with E-state index in [2.05, 4.69) is 6.92 Å². The van der Waals surface area contributed by atoms with Gasteiger partial charge in [-0.25, -0.2) is 0 Å². The van der Waals surface area contributed by atoms with Crippen LogP contribution in [0.5, 0.6) is 0 Å². The molecule has 3 rings (SSSR count). The van der Waals surface area contributed by atoms with E-state index >= 15 is 0 Å². The number of rotatable bonds is 11. The highest BCUT2D eigenvalue weighted by Crippen LogP contribution is 2.33. The minimum absolute atomic E-state index is 1.11. The molecule has 1 heteroatoms. The van der Waals surface area contributed by atoms with E-state index in [1.807, 2.05) is 0 Å². The van der Waals surface area contributed by atoms with Crippen LogP contribution in [0.4, 0.5) is 0 Å². The second-order valence-electron chi connectivity index (χ2n) is 7.65. The van der Waals surface area contributed by atoms with Crippen LogP contribution in [0.3, 0.4) is 0 Å². The first-order valence-corrected chi connectivity index (χ1v) is 9.70. The molecule has 118 valence electrons. The van der Waals surface area contributed by atoms with Gasteiger partial charge in [-0.15, -0.1) is 0 Å². The van der Waals surface area contributed by atoms with Gasteiger partial charge in [0.25, 0.3) is 0 Å². The average molecular weight is 281 g/mol. The number of nitrogens with zero attached hydrogens (tertiary/aromatic N) is 1. The molecule has 3 saturated heterocycles. The molecule has 3 fully saturated rings. The van der Waals surface area contributed by atoms with E-state index in [1.165, 1.54) is 114 Å². The molecule has 3 heterocycles. The van der Waals surface area contributed by atoms with E-state index in [0.717, 1.165) is 5.92 Å². The minimum atomic E-state index is 1.11. The third-order valence-electron chi connectivity index (χ3n) is 6.02. The second kappa shape index (κ2) is 9.07. The molecule has 0 saturated carbocycles. The number of hydrogen-bond acceptors (Lipinski definition) is 0. The second-order valence-corrected chi connectivity index (χ2v) is 7.65. The van der Waals surface area contributed by atoms with Crippen molar-refractivity contribution in [2.24, 2.45) is 5.92 Å². The zero-order chi connectivity index (χ0) is 14.1. The van der Waals surface area contributed by atoms with E-state index in [0.29, 0.717) is 0 Å². The number of hydrogen-bond donors (Lipinski definition) is 0. The van der Waals surface area contributed by atoms with Crippen LogP contribution in [0.2, 0.25) is 0 Å². The van der Waals surface area contributed by atoms with E-state index < -0.39 is 0 Å². The quantitative estimate of drug-likeness (QED) is 0.344. The summed E-state index contributed by atoms with van der Waals surface area (Å²) in [4.78, 5) is 0. The molecule has 3 aliphatic rings. The van der Waals surface area contributed by atoms with Crippen molar-refractivity contribution in [2.45, 2.75) is 90.4 Å². The Morgan fingerprint density at radius 3 is 1.60 bits per heavy atom. The highest BCUT2D eigenvalue weighted by atomic mass is 15.4. The third-order valence-corrected chi connectivity index (χ3v) is 6.02. The fourth-order valence-electron chi connectivity index (χ4n) is 4.41. The normalized spacial score (nSPS) is 28.9. The first kappa shape index (κ1) is 16.3. The van der Waals surface area contributed by atoms with Crippen LogP contribution in [0, 0.1) is 5.92 Å². The lowest BCUT2D eigenvalue weighted by molar-refractivity contribution is -0.942. The van der Waals surface area contributed by atoms with Crippen LogP contribution >= 0.6 is 0 Å². The van der Waals surface area contributed by atoms with Crippen molar-refractivity contribution in [3.05, 3.63) is 0 Å². The van der Waals surface area contributed by atoms with E-state index in [4.69, 9.17) is 0 Å². The summed E-state index contributed by atoms with van der Waals surface area (Å²) in [7, 11) is 0. The summed E-state index contributed by atoms with van der Waals surface area (Å²) >= 11 is 0. The molecule has 2 bridgehead atoms. The molecule has 0 aromatic heterocycles. The molecular formula is C19H38N+. The van der Waals surface area contributed by atoms with E-state index in [-0.39, 0.29) is 0 Å². The van der Waals surface area contributed by atoms with Crippen LogP contribution in [-0.4, -0.2) is 30.7 Å². The van der Waals surface area contributed by atoms with Crippen molar-refractivity contribution in [3.63, 3.8) is 0 Å². The largest absolute Gasteiger partial charge is 0.324 e. The smallest absolute Gasteiger partial charge is 0.0789 e. The van der Waals surface area contributed by atoms with Gasteiger partial charge in [0, 0.05) is 0 Å². The van der Waals surface area contributed by atoms with Crippen LogP contribution in [0.1, 0.15) is 90.4 Å². The zero-order valence-electron chi connectivity index (χ0n) is 14.0. The van der Waals surface area contributed by atoms with Crippen LogP contribution < -0.4 is 0 Å². The molecule has 20 heavy (non-hydrogen) atoms. The van der Waals surface area contributed by atoms with Gasteiger partial charge < -0.3 is 4.48 Å². The van der Waals surface area contributed by atoms with Gasteiger partial charge >= 0.3 is 0 Å². The van der Waals surface area contributed by atoms with Crippen molar-refractivity contribution in [3.8, 4) is 0 Å². The summed E-state index contributed by atoms with van der Waals surface area (Å²) < 4.78 is 1.51. The summed E-state index contributed by atoms with van der Waals surface area (Å²) in [6, 6.07) is 0. The Kier molecular flexibility index (Phi) is 7.41. The standard InChI is InChI=1S/C19H38N/c1-2-3-4-5-6-7-8-9-10-11-15-20-16-12-19(13-17-20)14-18-20/h19H,2-18H2,1H3/q+1. The van der Waals surface area contributed by atoms with Gasteiger partial charge in [-0.3, -0.25) is 0 Å². The van der Waals surface area contributed by atoms with Gasteiger partial charge in [-0.1, -0.05) is 58.3 Å². The summed E-state index contributed by atoms with van der Waals surface area (Å²) in [5.41, 5.74) is 0. The average Bonchev–Trinajstić information content (AvgIpc) is 2.51. The molecular weight excluding hydrogens is 242 g/mol. The number of fused-ring (bicyclic) bond motifs is 3. The molecule has 0 aromatic rings. The van der Waals surface area contributed by atoms with Gasteiger partial charge in [0.05, 0.1) is 26.2 Å². The van der Waals surface area contributed by atoms with Crippen LogP contribution in [0.15, 0.2) is 0 Å². The van der Waals surface area contributed by atoms with Gasteiger partial charge in [0.2, 0.25) is 0 Å². The number of unbranched alkanes of at least 4 members (excludes halogenated alkanes) is 9. The van der Waals surface area contributed by atoms with Gasteiger partial charge in [-0.05, 0) is 38.0 Å². The van der Waals surface area contributed by atoms with Crippen LogP contribution in [0.25, 0.3) is 0 Å². The monoisotopic (exact) mass is 280 g/mol. The molecule has 0 N–H and O–H groups in total. The summed E-state index contributed by atoms with van der Waals surface area (Å²) in [5, 5.41) is 0. The first-order valence-electron chi connectivity index (χ1n) is 9.70. The third kappa shape index (κ3) is 5.39. The SMILES string of the molecule is CCCCCCCCCCCC[N+]12CCC(CC1)CC2. The summed E-state index contributed by atoms with van der Waals surface area (Å²) in [5.74, 6) is 1.11. The Labute approximate surface area is 127 Å². The lowest BCUT2D eigenvalue weighted by Crippen LogP contribution is -2.58. The highest BCUT2D eigenvalue weighted by Gasteiger charge is 2.38. The minimum Gasteiger partial charge on any atom is -0.324 e. The fraction of sp³-hybridized carbons (Fsp3) is 1.00. The molecule has 0 unspecified atom stereocenters. The molecule has 0 atom stereocenters. The van der Waals surface area contributed by atoms with E-state index in [9.17, 15) is 0 Å². The lowest BCUT2D eigenvalue weighted by Gasteiger charge is -2.49. The van der Waals surface area contributed by atoms with Crippen LogP contribution in [-0.2, 0) is 0 Å². The number of quaternary nitrogens is 1. The Morgan fingerprint density at radius 2 is 1.10 bits per heavy atom. The Morgan fingerprint density at radius 1 is 0.650 bits per heavy atom. The number of piperidine rings is 3. The molecule has 0 amide bonds. The first-order chi connectivity index (χ1) is 9.85. The van der Waals surface area contributed by atoms with Gasteiger partial charge in [-0.2, -0.15) is 0 Å². The molecule has 1 nitrogen and oxygen atoms in total. The van der Waals surface area contributed by atoms with Crippen molar-refractivity contribution in [1.29, 1.82) is 0 Å². The maximum atomic E-state index is 2.30. The predicted octanol–water partition coefficient (Wildman–Crippen LogP) is 5.54. The lowest BCUT2D eigenvalue weighted by atomic mass is 9.85. The Bertz CT molecular complexity index is 226. The summed E-state index contributed by atoms with van der Waals surface area (Å²) in [6.45, 7) is 8.35. The van der Waals surface area contributed by atoms with Crippen molar-refractivity contribution >= 4 is 0 Å². The molecule has 0 aliphatic carbocycles. The van der Waals surface area contributed by atoms with Gasteiger partial charge in [0.1, 0.15) is 0 Å². The van der Waals surface area contributed by atoms with Gasteiger partial charge in [0.15, 0.2) is 0 Å². The maximum Gasteiger partial charge on any atom is 0.0789 e. The highest BCUT2D eigenvalue weighted by molar-refractivity contribution is 4.71. The van der Waals surface area contributed by atoms with E-state index in [1.54, 1.807) is 0 Å². The van der Waals surface area contributed by atoms with Crippen molar-refractivity contribution in [2.75, 3.05) is 26.2 Å². The van der Waals surface area contributed by atoms with Crippen molar-refractivity contribution < 1.29 is 4.48 Å². The predicted molar refractivity (Wildman–Crippen MR) is 88.9 cm³/mol. The topological polar surface area (TPSA) is 0 Å². The molecule has 3 aliphatic heterocycles. The Balaban J connectivity index is 1.40.